The smallest absolute Gasteiger partial charge is 0.251 e. The Morgan fingerprint density at radius 3 is 2.61 bits per heavy atom. The number of anilines is 2. The number of amides is 1. The van der Waals surface area contributed by atoms with Gasteiger partial charge in [0.25, 0.3) is 5.91 Å². The summed E-state index contributed by atoms with van der Waals surface area (Å²) in [4.78, 5) is 19.3. The first-order valence-electron chi connectivity index (χ1n) is 10.6. The van der Waals surface area contributed by atoms with Crippen molar-refractivity contribution in [3.05, 3.63) is 78.2 Å². The van der Waals surface area contributed by atoms with Crippen LogP contribution in [-0.4, -0.2) is 42.5 Å². The molecule has 31 heavy (non-hydrogen) atoms. The summed E-state index contributed by atoms with van der Waals surface area (Å²) in [5.74, 6) is 0.869. The van der Waals surface area contributed by atoms with Gasteiger partial charge in [-0.25, -0.2) is 9.37 Å². The first kappa shape index (κ1) is 21.0. The average molecular weight is 419 g/mol. The highest BCUT2D eigenvalue weighted by Gasteiger charge is 2.17. The first-order valence-corrected chi connectivity index (χ1v) is 10.6. The second-order valence-electron chi connectivity index (χ2n) is 8.10. The maximum atomic E-state index is 13.4. The summed E-state index contributed by atoms with van der Waals surface area (Å²) in [6, 6.07) is 17.6. The van der Waals surface area contributed by atoms with Crippen molar-refractivity contribution in [1.29, 1.82) is 0 Å². The summed E-state index contributed by atoms with van der Waals surface area (Å²) >= 11 is 0. The first-order chi connectivity index (χ1) is 15.1. The Morgan fingerprint density at radius 1 is 1.06 bits per heavy atom. The maximum Gasteiger partial charge on any atom is 0.251 e. The number of piperidine rings is 1. The monoisotopic (exact) mass is 418 g/mol. The number of rotatable bonds is 6. The van der Waals surface area contributed by atoms with E-state index in [0.29, 0.717) is 23.8 Å². The summed E-state index contributed by atoms with van der Waals surface area (Å²) in [7, 11) is 2.14. The van der Waals surface area contributed by atoms with E-state index in [2.05, 4.69) is 27.6 Å². The number of aromatic nitrogens is 1. The number of pyridine rings is 1. The minimum Gasteiger partial charge on any atom is -0.352 e. The van der Waals surface area contributed by atoms with Crippen molar-refractivity contribution in [3.63, 3.8) is 0 Å². The number of nitrogens with zero attached hydrogens (tertiary/aromatic N) is 2. The zero-order valence-electron chi connectivity index (χ0n) is 17.6. The molecular formula is C25H27FN4O. The van der Waals surface area contributed by atoms with E-state index in [0.717, 1.165) is 42.7 Å². The van der Waals surface area contributed by atoms with E-state index in [-0.39, 0.29) is 11.7 Å². The second kappa shape index (κ2) is 9.71. The second-order valence-corrected chi connectivity index (χ2v) is 8.10. The third kappa shape index (κ3) is 5.67. The van der Waals surface area contributed by atoms with Crippen LogP contribution in [0.5, 0.6) is 0 Å². The molecule has 5 nitrogen and oxygen atoms in total. The van der Waals surface area contributed by atoms with Crippen LogP contribution in [0.25, 0.3) is 11.1 Å². The molecule has 0 saturated carbocycles. The SMILES string of the molecule is CN1CCC(CNC(=O)c2cccc(Nc3ccc(-c4cccc(F)c4)cn3)c2)CC1. The van der Waals surface area contributed by atoms with Crippen LogP contribution in [0.1, 0.15) is 23.2 Å². The molecule has 3 aromatic rings. The lowest BCUT2D eigenvalue weighted by Crippen LogP contribution is -2.36. The third-order valence-corrected chi connectivity index (χ3v) is 5.71. The molecule has 2 N–H and O–H groups in total. The van der Waals surface area contributed by atoms with Crippen molar-refractivity contribution in [2.24, 2.45) is 5.92 Å². The molecule has 1 aliphatic heterocycles. The van der Waals surface area contributed by atoms with Gasteiger partial charge in [0.15, 0.2) is 0 Å². The highest BCUT2D eigenvalue weighted by Crippen LogP contribution is 2.22. The van der Waals surface area contributed by atoms with Crippen molar-refractivity contribution in [1.82, 2.24) is 15.2 Å². The fraction of sp³-hybridized carbons (Fsp3) is 0.280. The Morgan fingerprint density at radius 2 is 1.87 bits per heavy atom. The van der Waals surface area contributed by atoms with Gasteiger partial charge in [0.05, 0.1) is 0 Å². The molecule has 4 rings (SSSR count). The van der Waals surface area contributed by atoms with Crippen molar-refractivity contribution >= 4 is 17.4 Å². The van der Waals surface area contributed by atoms with Crippen LogP contribution < -0.4 is 10.6 Å². The topological polar surface area (TPSA) is 57.3 Å². The van der Waals surface area contributed by atoms with Crippen LogP contribution in [0.3, 0.4) is 0 Å². The number of likely N-dealkylation sites (tertiary alicyclic amines) is 1. The molecule has 0 unspecified atom stereocenters. The highest BCUT2D eigenvalue weighted by atomic mass is 19.1. The van der Waals surface area contributed by atoms with Gasteiger partial charge < -0.3 is 15.5 Å². The molecule has 2 heterocycles. The van der Waals surface area contributed by atoms with E-state index < -0.39 is 0 Å². The minimum absolute atomic E-state index is 0.0583. The van der Waals surface area contributed by atoms with Gasteiger partial charge in [-0.05, 0) is 86.9 Å². The number of carbonyl (C=O) groups excluding carboxylic acids is 1. The Hall–Kier alpha value is -3.25. The van der Waals surface area contributed by atoms with Crippen LogP contribution in [0.15, 0.2) is 66.9 Å². The van der Waals surface area contributed by atoms with Crippen molar-refractivity contribution in [3.8, 4) is 11.1 Å². The lowest BCUT2D eigenvalue weighted by molar-refractivity contribution is 0.0939. The summed E-state index contributed by atoms with van der Waals surface area (Å²) < 4.78 is 13.4. The van der Waals surface area contributed by atoms with E-state index in [1.165, 1.54) is 12.1 Å². The lowest BCUT2D eigenvalue weighted by Gasteiger charge is -2.28. The molecule has 1 aromatic heterocycles. The number of halogens is 1. The molecule has 0 atom stereocenters. The van der Waals surface area contributed by atoms with E-state index >= 15 is 0 Å². The van der Waals surface area contributed by atoms with Gasteiger partial charge in [-0.2, -0.15) is 0 Å². The number of hydrogen-bond acceptors (Lipinski definition) is 4. The van der Waals surface area contributed by atoms with Crippen LogP contribution in [0.4, 0.5) is 15.9 Å². The van der Waals surface area contributed by atoms with Gasteiger partial charge in [0.1, 0.15) is 11.6 Å². The van der Waals surface area contributed by atoms with Crippen LogP contribution in [-0.2, 0) is 0 Å². The maximum absolute atomic E-state index is 13.4. The molecule has 1 aliphatic rings. The number of carbonyl (C=O) groups is 1. The summed E-state index contributed by atoms with van der Waals surface area (Å²) in [6.07, 6.45) is 3.95. The largest absolute Gasteiger partial charge is 0.352 e. The average Bonchev–Trinajstić information content (AvgIpc) is 2.79. The van der Waals surface area contributed by atoms with E-state index in [4.69, 9.17) is 0 Å². The summed E-state index contributed by atoms with van der Waals surface area (Å²) in [5, 5.41) is 6.30. The zero-order chi connectivity index (χ0) is 21.6. The summed E-state index contributed by atoms with van der Waals surface area (Å²) in [6.45, 7) is 2.89. The molecular weight excluding hydrogens is 391 g/mol. The van der Waals surface area contributed by atoms with E-state index in [9.17, 15) is 9.18 Å². The standard InChI is InChI=1S/C25H27FN4O/c1-30-12-10-18(11-13-30)16-28-25(31)20-5-3-7-23(15-20)29-24-9-8-21(17-27-24)19-4-2-6-22(26)14-19/h2-9,14-15,17-18H,10-13,16H2,1H3,(H,27,29)(H,28,31). The fourth-order valence-electron chi connectivity index (χ4n) is 3.80. The van der Waals surface area contributed by atoms with Gasteiger partial charge in [-0.3, -0.25) is 4.79 Å². The van der Waals surface area contributed by atoms with Gasteiger partial charge in [-0.15, -0.1) is 0 Å². The van der Waals surface area contributed by atoms with Gasteiger partial charge >= 0.3 is 0 Å². The molecule has 0 bridgehead atoms. The lowest BCUT2D eigenvalue weighted by atomic mass is 9.97. The number of nitrogens with one attached hydrogen (secondary N) is 2. The zero-order valence-corrected chi connectivity index (χ0v) is 17.6. The van der Waals surface area contributed by atoms with E-state index in [1.54, 1.807) is 12.3 Å². The predicted molar refractivity (Wildman–Crippen MR) is 122 cm³/mol. The van der Waals surface area contributed by atoms with Gasteiger partial charge in [0.2, 0.25) is 0 Å². The minimum atomic E-state index is -0.273. The Bertz CT molecular complexity index is 1030. The molecule has 1 saturated heterocycles. The Balaban J connectivity index is 1.36. The van der Waals surface area contributed by atoms with E-state index in [1.807, 2.05) is 42.5 Å². The Labute approximate surface area is 182 Å². The van der Waals surface area contributed by atoms with Crippen LogP contribution in [0, 0.1) is 11.7 Å². The molecule has 0 aliphatic carbocycles. The van der Waals surface area contributed by atoms with Crippen LogP contribution >= 0.6 is 0 Å². The van der Waals surface area contributed by atoms with Crippen molar-refractivity contribution in [2.75, 3.05) is 32.0 Å². The van der Waals surface area contributed by atoms with Gasteiger partial charge in [-0.1, -0.05) is 18.2 Å². The number of benzene rings is 2. The molecule has 0 radical (unpaired) electrons. The quantitative estimate of drug-likeness (QED) is 0.609. The number of hydrogen-bond donors (Lipinski definition) is 2. The highest BCUT2D eigenvalue weighted by molar-refractivity contribution is 5.95. The molecule has 0 spiro atoms. The molecule has 1 amide bonds. The van der Waals surface area contributed by atoms with Crippen molar-refractivity contribution < 1.29 is 9.18 Å². The molecule has 6 heteroatoms. The Kier molecular flexibility index (Phi) is 6.57. The van der Waals surface area contributed by atoms with Gasteiger partial charge in [0, 0.05) is 29.6 Å². The third-order valence-electron chi connectivity index (χ3n) is 5.71. The normalized spacial score (nSPS) is 14.9. The molecule has 1 fully saturated rings. The molecule has 160 valence electrons. The fourth-order valence-corrected chi connectivity index (χ4v) is 3.80. The molecule has 2 aromatic carbocycles. The van der Waals surface area contributed by atoms with Crippen LogP contribution in [0.2, 0.25) is 0 Å². The summed E-state index contributed by atoms with van der Waals surface area (Å²) in [5.41, 5.74) is 3.03. The predicted octanol–water partition coefficient (Wildman–Crippen LogP) is 4.70. The van der Waals surface area contributed by atoms with Crippen molar-refractivity contribution in [2.45, 2.75) is 12.8 Å².